The van der Waals surface area contributed by atoms with Crippen LogP contribution in [0.2, 0.25) is 0 Å². The zero-order chi connectivity index (χ0) is 15.1. The summed E-state index contributed by atoms with van der Waals surface area (Å²) in [6.07, 6.45) is 3.30. The molecule has 5 heteroatoms. The Hall–Kier alpha value is -0.515. The van der Waals surface area contributed by atoms with Gasteiger partial charge in [-0.3, -0.25) is 0 Å². The molecular formula is C15H29BN2O2. The van der Waals surface area contributed by atoms with E-state index in [9.17, 15) is 0 Å². The molecule has 0 spiro atoms. The lowest BCUT2D eigenvalue weighted by molar-refractivity contribution is 0.00578. The molecule has 20 heavy (non-hydrogen) atoms. The molecule has 2 heterocycles. The third kappa shape index (κ3) is 2.76. The average molecular weight is 280 g/mol. The summed E-state index contributed by atoms with van der Waals surface area (Å²) in [5.74, 6) is 0.612. The van der Waals surface area contributed by atoms with Gasteiger partial charge in [-0.05, 0) is 45.5 Å². The topological polar surface area (TPSA) is 33.7 Å². The van der Waals surface area contributed by atoms with Crippen LogP contribution in [-0.4, -0.2) is 35.9 Å². The van der Waals surface area contributed by atoms with Crippen LogP contribution in [0.5, 0.6) is 0 Å². The quantitative estimate of drug-likeness (QED) is 0.803. The Bertz CT molecular complexity index is 377. The first-order valence-corrected chi connectivity index (χ1v) is 7.76. The van der Waals surface area contributed by atoms with Crippen molar-refractivity contribution < 1.29 is 9.31 Å². The maximum absolute atomic E-state index is 6.11. The molecule has 1 N–H and O–H groups in total. The Labute approximate surface area is 124 Å². The highest BCUT2D eigenvalue weighted by atomic mass is 16.7. The van der Waals surface area contributed by atoms with E-state index in [0.717, 1.165) is 13.0 Å². The van der Waals surface area contributed by atoms with Gasteiger partial charge in [-0.25, -0.2) is 5.43 Å². The van der Waals surface area contributed by atoms with Crippen molar-refractivity contribution in [3.05, 3.63) is 11.7 Å². The number of rotatable bonds is 4. The predicted octanol–water partition coefficient (Wildman–Crippen LogP) is 2.76. The van der Waals surface area contributed by atoms with Gasteiger partial charge >= 0.3 is 7.12 Å². The van der Waals surface area contributed by atoms with E-state index in [2.05, 4.69) is 65.1 Å². The molecule has 2 aliphatic heterocycles. The summed E-state index contributed by atoms with van der Waals surface area (Å²) < 4.78 is 12.2. The largest absolute Gasteiger partial charge is 0.493 e. The van der Waals surface area contributed by atoms with Gasteiger partial charge in [0.25, 0.3) is 0 Å². The van der Waals surface area contributed by atoms with Crippen molar-refractivity contribution in [1.29, 1.82) is 0 Å². The van der Waals surface area contributed by atoms with Crippen LogP contribution in [-0.2, 0) is 9.31 Å². The Kier molecular flexibility index (Phi) is 4.25. The fraction of sp³-hybridized carbons (Fsp3) is 0.867. The third-order valence-electron chi connectivity index (χ3n) is 4.87. The number of hydrazine groups is 1. The van der Waals surface area contributed by atoms with E-state index >= 15 is 0 Å². The molecular weight excluding hydrogens is 251 g/mol. The van der Waals surface area contributed by atoms with Gasteiger partial charge in [0, 0.05) is 18.8 Å². The number of nitrogens with zero attached hydrogens (tertiary/aromatic N) is 1. The van der Waals surface area contributed by atoms with E-state index in [0.29, 0.717) is 12.0 Å². The molecule has 1 saturated heterocycles. The number of nitrogens with one attached hydrogen (secondary N) is 1. The Morgan fingerprint density at radius 2 is 1.80 bits per heavy atom. The molecule has 0 aliphatic carbocycles. The molecule has 0 aromatic heterocycles. The highest BCUT2D eigenvalue weighted by molar-refractivity contribution is 6.54. The van der Waals surface area contributed by atoms with E-state index in [-0.39, 0.29) is 18.3 Å². The summed E-state index contributed by atoms with van der Waals surface area (Å²) in [6, 6.07) is 0.509. The molecule has 2 aliphatic rings. The second kappa shape index (κ2) is 5.36. The molecule has 0 amide bonds. The van der Waals surface area contributed by atoms with Crippen molar-refractivity contribution in [2.75, 3.05) is 6.54 Å². The lowest BCUT2D eigenvalue weighted by Gasteiger charge is -2.32. The van der Waals surface area contributed by atoms with Crippen LogP contribution >= 0.6 is 0 Å². The molecule has 1 fully saturated rings. The molecule has 0 aromatic carbocycles. The first kappa shape index (κ1) is 15.9. The van der Waals surface area contributed by atoms with Crippen LogP contribution in [0, 0.1) is 5.92 Å². The van der Waals surface area contributed by atoms with Crippen molar-refractivity contribution >= 4 is 7.12 Å². The molecule has 114 valence electrons. The molecule has 0 bridgehead atoms. The SMILES string of the molecule is CCC(C(C)C)N1C=C(B2OC(C)(C)C(C)(C)O2)CN1. The average Bonchev–Trinajstić information content (AvgIpc) is 2.84. The fourth-order valence-electron chi connectivity index (χ4n) is 2.79. The van der Waals surface area contributed by atoms with Gasteiger partial charge < -0.3 is 14.3 Å². The van der Waals surface area contributed by atoms with Crippen LogP contribution < -0.4 is 5.43 Å². The van der Waals surface area contributed by atoms with E-state index in [1.165, 1.54) is 5.47 Å². The van der Waals surface area contributed by atoms with Crippen molar-refractivity contribution in [2.24, 2.45) is 5.92 Å². The summed E-state index contributed by atoms with van der Waals surface area (Å²) in [4.78, 5) is 0. The van der Waals surface area contributed by atoms with E-state index in [1.54, 1.807) is 0 Å². The van der Waals surface area contributed by atoms with Crippen LogP contribution in [0.4, 0.5) is 0 Å². The zero-order valence-electron chi connectivity index (χ0n) is 14.0. The van der Waals surface area contributed by atoms with Gasteiger partial charge in [0.15, 0.2) is 0 Å². The predicted molar refractivity (Wildman–Crippen MR) is 82.9 cm³/mol. The summed E-state index contributed by atoms with van der Waals surface area (Å²) in [7, 11) is -0.234. The minimum Gasteiger partial charge on any atom is -0.399 e. The van der Waals surface area contributed by atoms with Crippen molar-refractivity contribution in [3.8, 4) is 0 Å². The normalized spacial score (nSPS) is 26.3. The molecule has 0 saturated carbocycles. The molecule has 0 radical (unpaired) electrons. The Morgan fingerprint density at radius 1 is 1.25 bits per heavy atom. The minimum absolute atomic E-state index is 0.234. The Balaban J connectivity index is 2.09. The summed E-state index contributed by atoms with van der Waals surface area (Å²) in [5, 5.41) is 2.23. The molecule has 1 atom stereocenters. The zero-order valence-corrected chi connectivity index (χ0v) is 14.0. The third-order valence-corrected chi connectivity index (χ3v) is 4.87. The lowest BCUT2D eigenvalue weighted by Crippen LogP contribution is -2.41. The highest BCUT2D eigenvalue weighted by Gasteiger charge is 2.53. The van der Waals surface area contributed by atoms with Gasteiger partial charge in [0.05, 0.1) is 11.2 Å². The lowest BCUT2D eigenvalue weighted by atomic mass is 9.79. The fourth-order valence-corrected chi connectivity index (χ4v) is 2.79. The van der Waals surface area contributed by atoms with Crippen LogP contribution in [0.3, 0.4) is 0 Å². The summed E-state index contributed by atoms with van der Waals surface area (Å²) in [5.41, 5.74) is 4.10. The van der Waals surface area contributed by atoms with Gasteiger partial charge in [-0.15, -0.1) is 0 Å². The minimum atomic E-state index is -0.270. The second-order valence-electron chi connectivity index (χ2n) is 7.25. The second-order valence-corrected chi connectivity index (χ2v) is 7.25. The monoisotopic (exact) mass is 280 g/mol. The van der Waals surface area contributed by atoms with Crippen LogP contribution in [0.1, 0.15) is 54.9 Å². The first-order chi connectivity index (χ1) is 9.18. The van der Waals surface area contributed by atoms with Crippen LogP contribution in [0.25, 0.3) is 0 Å². The number of hydrogen-bond acceptors (Lipinski definition) is 4. The van der Waals surface area contributed by atoms with Gasteiger partial charge in [-0.1, -0.05) is 20.8 Å². The van der Waals surface area contributed by atoms with E-state index in [4.69, 9.17) is 9.31 Å². The Morgan fingerprint density at radius 3 is 2.25 bits per heavy atom. The molecule has 4 nitrogen and oxygen atoms in total. The highest BCUT2D eigenvalue weighted by Crippen LogP contribution is 2.39. The van der Waals surface area contributed by atoms with E-state index in [1.807, 2.05) is 0 Å². The van der Waals surface area contributed by atoms with Crippen molar-refractivity contribution in [3.63, 3.8) is 0 Å². The molecule has 0 aromatic rings. The molecule has 1 unspecified atom stereocenters. The van der Waals surface area contributed by atoms with Gasteiger partial charge in [0.2, 0.25) is 0 Å². The van der Waals surface area contributed by atoms with Crippen molar-refractivity contribution in [1.82, 2.24) is 10.4 Å². The standard InChI is InChI=1S/C15H29BN2O2/c1-8-13(11(2)3)18-10-12(9-17-18)16-19-14(4,5)15(6,7)20-16/h10-11,13,17H,8-9H2,1-7H3. The smallest absolute Gasteiger partial charge is 0.399 e. The summed E-state index contributed by atoms with van der Waals surface area (Å²) >= 11 is 0. The van der Waals surface area contributed by atoms with Gasteiger partial charge in [-0.2, -0.15) is 0 Å². The van der Waals surface area contributed by atoms with Crippen molar-refractivity contribution in [2.45, 2.75) is 72.1 Å². The maximum atomic E-state index is 6.11. The van der Waals surface area contributed by atoms with Crippen LogP contribution in [0.15, 0.2) is 11.7 Å². The maximum Gasteiger partial charge on any atom is 0.493 e. The number of hydrogen-bond donors (Lipinski definition) is 1. The van der Waals surface area contributed by atoms with E-state index < -0.39 is 0 Å². The molecule has 2 rings (SSSR count). The van der Waals surface area contributed by atoms with Gasteiger partial charge in [0.1, 0.15) is 0 Å². The first-order valence-electron chi connectivity index (χ1n) is 7.76. The summed E-state index contributed by atoms with van der Waals surface area (Å²) in [6.45, 7) is 15.9.